The van der Waals surface area contributed by atoms with Gasteiger partial charge in [0.05, 0.1) is 6.61 Å². The minimum absolute atomic E-state index is 0.00501. The lowest BCUT2D eigenvalue weighted by Gasteiger charge is -2.22. The maximum Gasteiger partial charge on any atom is 0.253 e. The molecule has 1 amide bonds. The number of nitrogens with one attached hydrogen (secondary N) is 1. The summed E-state index contributed by atoms with van der Waals surface area (Å²) in [7, 11) is 7.28. The molecular weight excluding hydrogens is 352 g/mol. The fraction of sp³-hybridized carbons (Fsp3) is 0.364. The number of hydrogen-bond acceptors (Lipinski definition) is 3. The third-order valence-electron chi connectivity index (χ3n) is 4.29. The van der Waals surface area contributed by atoms with Gasteiger partial charge in [-0.3, -0.25) is 9.79 Å². The van der Waals surface area contributed by atoms with Crippen LogP contribution in [0.4, 0.5) is 0 Å². The first-order chi connectivity index (χ1) is 13.4. The van der Waals surface area contributed by atoms with Crippen molar-refractivity contribution in [1.29, 1.82) is 0 Å². The lowest BCUT2D eigenvalue weighted by molar-refractivity contribution is 0.0827. The Balaban J connectivity index is 1.91. The number of benzene rings is 2. The average Bonchev–Trinajstić information content (AvgIpc) is 2.70. The Morgan fingerprint density at radius 1 is 1.00 bits per heavy atom. The number of rotatable bonds is 7. The number of carbonyl (C=O) groups is 1. The van der Waals surface area contributed by atoms with Crippen molar-refractivity contribution < 1.29 is 9.53 Å². The van der Waals surface area contributed by atoms with Crippen molar-refractivity contribution in [2.75, 3.05) is 34.8 Å². The molecule has 0 radical (unpaired) electrons. The van der Waals surface area contributed by atoms with Gasteiger partial charge in [0.1, 0.15) is 5.75 Å². The predicted molar refractivity (Wildman–Crippen MR) is 114 cm³/mol. The molecule has 1 N–H and O–H groups in total. The summed E-state index contributed by atoms with van der Waals surface area (Å²) >= 11 is 0. The van der Waals surface area contributed by atoms with E-state index in [2.05, 4.69) is 27.3 Å². The number of guanidine groups is 1. The summed E-state index contributed by atoms with van der Waals surface area (Å²) in [5.74, 6) is 1.69. The quantitative estimate of drug-likeness (QED) is 0.591. The van der Waals surface area contributed by atoms with Crippen LogP contribution in [-0.4, -0.2) is 56.5 Å². The van der Waals surface area contributed by atoms with Crippen LogP contribution in [0.3, 0.4) is 0 Å². The lowest BCUT2D eigenvalue weighted by atomic mass is 10.1. The van der Waals surface area contributed by atoms with Crippen LogP contribution in [0.1, 0.15) is 28.4 Å². The molecule has 0 fully saturated rings. The Bertz CT molecular complexity index is 783. The van der Waals surface area contributed by atoms with Gasteiger partial charge in [0.25, 0.3) is 5.91 Å². The molecule has 0 spiro atoms. The fourth-order valence-electron chi connectivity index (χ4n) is 2.80. The van der Waals surface area contributed by atoms with Gasteiger partial charge in [-0.2, -0.15) is 0 Å². The highest BCUT2D eigenvalue weighted by Gasteiger charge is 2.09. The minimum atomic E-state index is 0.00501. The molecule has 0 aliphatic rings. The van der Waals surface area contributed by atoms with Crippen LogP contribution >= 0.6 is 0 Å². The van der Waals surface area contributed by atoms with Gasteiger partial charge in [-0.25, -0.2) is 0 Å². The summed E-state index contributed by atoms with van der Waals surface area (Å²) in [6.45, 7) is 4.02. The zero-order valence-corrected chi connectivity index (χ0v) is 17.4. The van der Waals surface area contributed by atoms with Crippen molar-refractivity contribution >= 4 is 11.9 Å². The van der Waals surface area contributed by atoms with Crippen molar-refractivity contribution in [2.45, 2.75) is 20.0 Å². The summed E-state index contributed by atoms with van der Waals surface area (Å²) in [5.41, 5.74) is 2.96. The molecule has 28 heavy (non-hydrogen) atoms. The largest absolute Gasteiger partial charge is 0.494 e. The van der Waals surface area contributed by atoms with Crippen molar-refractivity contribution in [3.8, 4) is 5.75 Å². The topological polar surface area (TPSA) is 57.2 Å². The normalized spacial score (nSPS) is 11.1. The maximum atomic E-state index is 12.0. The molecule has 0 aliphatic carbocycles. The van der Waals surface area contributed by atoms with Gasteiger partial charge in [0.15, 0.2) is 5.96 Å². The molecule has 0 atom stereocenters. The van der Waals surface area contributed by atoms with E-state index in [1.807, 2.05) is 50.4 Å². The molecule has 6 nitrogen and oxygen atoms in total. The van der Waals surface area contributed by atoms with Gasteiger partial charge in [-0.15, -0.1) is 0 Å². The fourth-order valence-corrected chi connectivity index (χ4v) is 2.80. The molecule has 2 rings (SSSR count). The number of hydrogen-bond donors (Lipinski definition) is 1. The maximum absolute atomic E-state index is 12.0. The second-order valence-corrected chi connectivity index (χ2v) is 6.73. The van der Waals surface area contributed by atoms with Crippen LogP contribution < -0.4 is 10.1 Å². The Morgan fingerprint density at radius 2 is 1.61 bits per heavy atom. The molecule has 0 bridgehead atoms. The highest BCUT2D eigenvalue weighted by Crippen LogP contribution is 2.13. The third kappa shape index (κ3) is 6.01. The SMILES string of the molecule is CCOc1ccc(CN(C)C(=NC)NCc2ccc(C(=O)N(C)C)cc2)cc1. The second kappa shape index (κ2) is 10.3. The molecule has 6 heteroatoms. The van der Waals surface area contributed by atoms with Crippen molar-refractivity contribution in [3.05, 3.63) is 65.2 Å². The van der Waals surface area contributed by atoms with E-state index in [0.29, 0.717) is 18.7 Å². The number of aliphatic imine (C=N–C) groups is 1. The van der Waals surface area contributed by atoms with E-state index in [4.69, 9.17) is 4.74 Å². The van der Waals surface area contributed by atoms with Crippen LogP contribution in [0.15, 0.2) is 53.5 Å². The van der Waals surface area contributed by atoms with E-state index in [9.17, 15) is 4.79 Å². The second-order valence-electron chi connectivity index (χ2n) is 6.73. The van der Waals surface area contributed by atoms with E-state index in [-0.39, 0.29) is 5.91 Å². The van der Waals surface area contributed by atoms with E-state index in [1.54, 1.807) is 26.0 Å². The molecule has 0 unspecified atom stereocenters. The third-order valence-corrected chi connectivity index (χ3v) is 4.29. The van der Waals surface area contributed by atoms with Gasteiger partial charge in [-0.1, -0.05) is 24.3 Å². The Labute approximate surface area is 167 Å². The number of amides is 1. The van der Waals surface area contributed by atoms with Crippen LogP contribution in [0.25, 0.3) is 0 Å². The summed E-state index contributed by atoms with van der Waals surface area (Å²) in [6, 6.07) is 15.7. The standard InChI is InChI=1S/C22H30N4O2/c1-6-28-20-13-9-18(10-14-20)16-26(5)22(23-2)24-15-17-7-11-19(12-8-17)21(27)25(3)4/h7-14H,6,15-16H2,1-5H3,(H,23,24). The van der Waals surface area contributed by atoms with E-state index in [0.717, 1.165) is 23.8 Å². The molecule has 2 aromatic rings. The highest BCUT2D eigenvalue weighted by atomic mass is 16.5. The first-order valence-corrected chi connectivity index (χ1v) is 9.38. The van der Waals surface area contributed by atoms with Crippen LogP contribution in [-0.2, 0) is 13.1 Å². The molecule has 2 aromatic carbocycles. The lowest BCUT2D eigenvalue weighted by Crippen LogP contribution is -2.38. The van der Waals surface area contributed by atoms with Gasteiger partial charge < -0.3 is 19.9 Å². The summed E-state index contributed by atoms with van der Waals surface area (Å²) < 4.78 is 5.48. The van der Waals surface area contributed by atoms with Crippen molar-refractivity contribution in [2.24, 2.45) is 4.99 Å². The summed E-state index contributed by atoms with van der Waals surface area (Å²) in [6.07, 6.45) is 0. The Morgan fingerprint density at radius 3 is 2.14 bits per heavy atom. The van der Waals surface area contributed by atoms with Crippen molar-refractivity contribution in [3.63, 3.8) is 0 Å². The smallest absolute Gasteiger partial charge is 0.253 e. The number of carbonyl (C=O) groups excluding carboxylic acids is 1. The molecule has 0 heterocycles. The molecule has 0 aromatic heterocycles. The number of nitrogens with zero attached hydrogens (tertiary/aromatic N) is 3. The number of ether oxygens (including phenoxy) is 1. The summed E-state index contributed by atoms with van der Waals surface area (Å²) in [5, 5.41) is 3.36. The Kier molecular flexibility index (Phi) is 7.87. The average molecular weight is 383 g/mol. The van der Waals surface area contributed by atoms with Crippen LogP contribution in [0.2, 0.25) is 0 Å². The molecule has 0 saturated heterocycles. The molecular formula is C22H30N4O2. The van der Waals surface area contributed by atoms with Crippen LogP contribution in [0, 0.1) is 0 Å². The van der Waals surface area contributed by atoms with Crippen molar-refractivity contribution in [1.82, 2.24) is 15.1 Å². The molecule has 0 saturated carbocycles. The van der Waals surface area contributed by atoms with Crippen LogP contribution in [0.5, 0.6) is 5.75 Å². The summed E-state index contributed by atoms with van der Waals surface area (Å²) in [4.78, 5) is 20.0. The first kappa shape index (κ1) is 21.3. The monoisotopic (exact) mass is 382 g/mol. The van der Waals surface area contributed by atoms with E-state index in [1.165, 1.54) is 5.56 Å². The van der Waals surface area contributed by atoms with E-state index >= 15 is 0 Å². The zero-order chi connectivity index (χ0) is 20.5. The Hall–Kier alpha value is -3.02. The predicted octanol–water partition coefficient (Wildman–Crippen LogP) is 2.99. The van der Waals surface area contributed by atoms with Gasteiger partial charge >= 0.3 is 0 Å². The zero-order valence-electron chi connectivity index (χ0n) is 17.4. The van der Waals surface area contributed by atoms with E-state index < -0.39 is 0 Å². The minimum Gasteiger partial charge on any atom is -0.494 e. The molecule has 0 aliphatic heterocycles. The molecule has 150 valence electrons. The first-order valence-electron chi connectivity index (χ1n) is 9.38. The van der Waals surface area contributed by atoms with Gasteiger partial charge in [0.2, 0.25) is 0 Å². The highest BCUT2D eigenvalue weighted by molar-refractivity contribution is 5.93. The van der Waals surface area contributed by atoms with Gasteiger partial charge in [-0.05, 0) is 42.3 Å². The van der Waals surface area contributed by atoms with Gasteiger partial charge in [0, 0.05) is 46.8 Å².